The van der Waals surface area contributed by atoms with E-state index in [0.717, 1.165) is 0 Å². The molecule has 2 aromatic rings. The Kier molecular flexibility index (Phi) is 5.88. The van der Waals surface area contributed by atoms with Crippen molar-refractivity contribution in [2.75, 3.05) is 37.7 Å². The Labute approximate surface area is 161 Å². The first-order valence-electron chi connectivity index (χ1n) is 8.38. The van der Waals surface area contributed by atoms with Gasteiger partial charge in [-0.1, -0.05) is 42.1 Å². The summed E-state index contributed by atoms with van der Waals surface area (Å²) in [5.41, 5.74) is 0. The average Bonchev–Trinajstić information content (AvgIpc) is 3.11. The molecule has 0 atom stereocenters. The van der Waals surface area contributed by atoms with Crippen LogP contribution < -0.4 is 9.64 Å². The predicted molar refractivity (Wildman–Crippen MR) is 99.1 cm³/mol. The lowest BCUT2D eigenvalue weighted by molar-refractivity contribution is -0.133. The standard InChI is InChI=1S/C17H20Cl2N4O3/c1-11(2)16-20-21-17(26-16)23-7-5-22(6-8-23)15(24)10-25-14-4-3-12(18)9-13(14)19/h3-4,9,11H,5-8,10H2,1-2H3. The number of rotatable bonds is 5. The molecule has 1 saturated heterocycles. The summed E-state index contributed by atoms with van der Waals surface area (Å²) in [6.45, 7) is 6.33. The average molecular weight is 399 g/mol. The highest BCUT2D eigenvalue weighted by atomic mass is 35.5. The smallest absolute Gasteiger partial charge is 0.318 e. The Balaban J connectivity index is 1.50. The molecule has 0 spiro atoms. The van der Waals surface area contributed by atoms with Gasteiger partial charge in [-0.05, 0) is 18.2 Å². The highest BCUT2D eigenvalue weighted by molar-refractivity contribution is 6.35. The number of carbonyl (C=O) groups is 1. The van der Waals surface area contributed by atoms with Gasteiger partial charge in [0, 0.05) is 37.1 Å². The van der Waals surface area contributed by atoms with Crippen molar-refractivity contribution >= 4 is 35.1 Å². The first-order valence-corrected chi connectivity index (χ1v) is 9.13. The van der Waals surface area contributed by atoms with Crippen LogP contribution in [0.4, 0.5) is 6.01 Å². The minimum Gasteiger partial charge on any atom is -0.482 e. The number of halogens is 2. The van der Waals surface area contributed by atoms with E-state index in [4.69, 9.17) is 32.4 Å². The van der Waals surface area contributed by atoms with E-state index in [2.05, 4.69) is 10.2 Å². The predicted octanol–water partition coefficient (Wildman–Crippen LogP) is 3.23. The van der Waals surface area contributed by atoms with Crippen LogP contribution in [-0.2, 0) is 4.79 Å². The lowest BCUT2D eigenvalue weighted by Crippen LogP contribution is -2.50. The van der Waals surface area contributed by atoms with Crippen LogP contribution in [0.1, 0.15) is 25.7 Å². The monoisotopic (exact) mass is 398 g/mol. The Morgan fingerprint density at radius 2 is 1.96 bits per heavy atom. The molecular weight excluding hydrogens is 379 g/mol. The van der Waals surface area contributed by atoms with Crippen molar-refractivity contribution in [2.24, 2.45) is 0 Å². The Morgan fingerprint density at radius 3 is 2.58 bits per heavy atom. The van der Waals surface area contributed by atoms with E-state index >= 15 is 0 Å². The molecule has 7 nitrogen and oxygen atoms in total. The van der Waals surface area contributed by atoms with Crippen LogP contribution in [0.5, 0.6) is 5.75 Å². The molecule has 1 amide bonds. The van der Waals surface area contributed by atoms with Gasteiger partial charge >= 0.3 is 6.01 Å². The van der Waals surface area contributed by atoms with E-state index in [1.807, 2.05) is 18.7 Å². The summed E-state index contributed by atoms with van der Waals surface area (Å²) >= 11 is 11.9. The molecule has 1 aliphatic rings. The maximum atomic E-state index is 12.3. The van der Waals surface area contributed by atoms with Crippen LogP contribution in [0.15, 0.2) is 22.6 Å². The zero-order chi connectivity index (χ0) is 18.7. The van der Waals surface area contributed by atoms with Crippen molar-refractivity contribution in [3.8, 4) is 5.75 Å². The molecule has 1 fully saturated rings. The fourth-order valence-electron chi connectivity index (χ4n) is 2.56. The van der Waals surface area contributed by atoms with Gasteiger partial charge in [0.15, 0.2) is 6.61 Å². The fraction of sp³-hybridized carbons (Fsp3) is 0.471. The van der Waals surface area contributed by atoms with Gasteiger partial charge < -0.3 is 19.0 Å². The van der Waals surface area contributed by atoms with E-state index in [1.165, 1.54) is 0 Å². The normalized spacial score (nSPS) is 14.8. The zero-order valence-electron chi connectivity index (χ0n) is 14.6. The van der Waals surface area contributed by atoms with Gasteiger partial charge in [-0.2, -0.15) is 0 Å². The van der Waals surface area contributed by atoms with Crippen LogP contribution in [0, 0.1) is 0 Å². The summed E-state index contributed by atoms with van der Waals surface area (Å²) < 4.78 is 11.2. The summed E-state index contributed by atoms with van der Waals surface area (Å²) in [5.74, 6) is 1.15. The van der Waals surface area contributed by atoms with Crippen molar-refractivity contribution in [1.29, 1.82) is 0 Å². The number of benzene rings is 1. The number of carbonyl (C=O) groups excluding carboxylic acids is 1. The summed E-state index contributed by atoms with van der Waals surface area (Å²) in [7, 11) is 0. The molecule has 1 aliphatic heterocycles. The third-order valence-corrected chi connectivity index (χ3v) is 4.60. The minimum atomic E-state index is -0.0935. The van der Waals surface area contributed by atoms with E-state index in [1.54, 1.807) is 23.1 Å². The van der Waals surface area contributed by atoms with E-state index in [-0.39, 0.29) is 18.4 Å². The van der Waals surface area contributed by atoms with E-state index in [0.29, 0.717) is 53.9 Å². The van der Waals surface area contributed by atoms with Crippen LogP contribution in [0.3, 0.4) is 0 Å². The molecule has 2 heterocycles. The second-order valence-corrected chi connectivity index (χ2v) is 7.15. The van der Waals surface area contributed by atoms with Gasteiger partial charge in [0.25, 0.3) is 5.91 Å². The number of anilines is 1. The third kappa shape index (κ3) is 4.40. The summed E-state index contributed by atoms with van der Waals surface area (Å²) in [4.78, 5) is 16.1. The highest BCUT2D eigenvalue weighted by Crippen LogP contribution is 2.27. The Morgan fingerprint density at radius 1 is 1.23 bits per heavy atom. The van der Waals surface area contributed by atoms with Crippen LogP contribution in [0.25, 0.3) is 0 Å². The fourth-order valence-corrected chi connectivity index (χ4v) is 3.02. The molecule has 1 aromatic carbocycles. The summed E-state index contributed by atoms with van der Waals surface area (Å²) in [5, 5.41) is 9.02. The van der Waals surface area contributed by atoms with E-state index < -0.39 is 0 Å². The highest BCUT2D eigenvalue weighted by Gasteiger charge is 2.25. The minimum absolute atomic E-state index is 0.0700. The second kappa shape index (κ2) is 8.14. The maximum Gasteiger partial charge on any atom is 0.318 e. The van der Waals surface area contributed by atoms with Gasteiger partial charge in [-0.15, -0.1) is 5.10 Å². The van der Waals surface area contributed by atoms with Crippen molar-refractivity contribution in [1.82, 2.24) is 15.1 Å². The van der Waals surface area contributed by atoms with Crippen molar-refractivity contribution < 1.29 is 13.9 Å². The van der Waals surface area contributed by atoms with Crippen molar-refractivity contribution in [2.45, 2.75) is 19.8 Å². The quantitative estimate of drug-likeness (QED) is 0.769. The number of hydrogen-bond donors (Lipinski definition) is 0. The number of ether oxygens (including phenoxy) is 1. The lowest BCUT2D eigenvalue weighted by Gasteiger charge is -2.33. The first-order chi connectivity index (χ1) is 12.4. The molecule has 1 aromatic heterocycles. The molecular formula is C17H20Cl2N4O3. The molecule has 0 unspecified atom stereocenters. The van der Waals surface area contributed by atoms with Gasteiger partial charge in [0.1, 0.15) is 5.75 Å². The molecule has 0 N–H and O–H groups in total. The van der Waals surface area contributed by atoms with Crippen LogP contribution >= 0.6 is 23.2 Å². The second-order valence-electron chi connectivity index (χ2n) is 6.31. The Bertz CT molecular complexity index is 773. The number of nitrogens with zero attached hydrogens (tertiary/aromatic N) is 4. The number of aromatic nitrogens is 2. The topological polar surface area (TPSA) is 71.7 Å². The molecule has 9 heteroatoms. The molecule has 26 heavy (non-hydrogen) atoms. The van der Waals surface area contributed by atoms with Crippen LogP contribution in [0.2, 0.25) is 10.0 Å². The summed E-state index contributed by atoms with van der Waals surface area (Å²) in [6, 6.07) is 5.40. The third-order valence-electron chi connectivity index (χ3n) is 4.07. The van der Waals surface area contributed by atoms with Crippen LogP contribution in [-0.4, -0.2) is 53.8 Å². The molecule has 0 saturated carbocycles. The molecule has 0 aliphatic carbocycles. The molecule has 3 rings (SSSR count). The maximum absolute atomic E-state index is 12.3. The van der Waals surface area contributed by atoms with Gasteiger partial charge in [0.05, 0.1) is 5.02 Å². The molecule has 0 radical (unpaired) electrons. The number of piperazine rings is 1. The van der Waals surface area contributed by atoms with Gasteiger partial charge in [-0.25, -0.2) is 0 Å². The number of hydrogen-bond acceptors (Lipinski definition) is 6. The van der Waals surface area contributed by atoms with E-state index in [9.17, 15) is 4.79 Å². The van der Waals surface area contributed by atoms with Gasteiger partial charge in [-0.3, -0.25) is 4.79 Å². The van der Waals surface area contributed by atoms with Crippen molar-refractivity contribution in [3.63, 3.8) is 0 Å². The van der Waals surface area contributed by atoms with Gasteiger partial charge in [0.2, 0.25) is 5.89 Å². The first kappa shape index (κ1) is 18.8. The molecule has 0 bridgehead atoms. The SMILES string of the molecule is CC(C)c1nnc(N2CCN(C(=O)COc3ccc(Cl)cc3Cl)CC2)o1. The Hall–Kier alpha value is -1.99. The largest absolute Gasteiger partial charge is 0.482 e. The number of amides is 1. The lowest BCUT2D eigenvalue weighted by atomic mass is 10.2. The van der Waals surface area contributed by atoms with Crippen molar-refractivity contribution in [3.05, 3.63) is 34.1 Å². The zero-order valence-corrected chi connectivity index (χ0v) is 16.1. The summed E-state index contributed by atoms with van der Waals surface area (Å²) in [6.07, 6.45) is 0. The molecule has 140 valence electrons.